The number of aromatic nitrogens is 2. The number of benzene rings is 2. The summed E-state index contributed by atoms with van der Waals surface area (Å²) in [5.41, 5.74) is 3.30. The molecule has 6 heteroatoms. The summed E-state index contributed by atoms with van der Waals surface area (Å²) in [7, 11) is 0. The van der Waals surface area contributed by atoms with Crippen LogP contribution in [0, 0.1) is 6.92 Å². The largest absolute Gasteiger partial charge is 0.490 e. The number of para-hydroxylation sites is 2. The monoisotopic (exact) mass is 419 g/mol. The first-order valence-corrected chi connectivity index (χ1v) is 11.3. The van der Waals surface area contributed by atoms with Crippen molar-refractivity contribution < 1.29 is 14.3 Å². The number of carbonyl (C=O) groups is 1. The lowest BCUT2D eigenvalue weighted by atomic mass is 10.0. The van der Waals surface area contributed by atoms with Crippen molar-refractivity contribution in [1.82, 2.24) is 14.5 Å². The smallest absolute Gasteiger partial charge is 0.223 e. The first kappa shape index (κ1) is 19.9. The fourth-order valence-corrected chi connectivity index (χ4v) is 4.81. The summed E-state index contributed by atoms with van der Waals surface area (Å²) in [5, 5.41) is 0. The lowest BCUT2D eigenvalue weighted by molar-refractivity contribution is -0.132. The molecule has 0 saturated carbocycles. The van der Waals surface area contributed by atoms with Gasteiger partial charge >= 0.3 is 0 Å². The van der Waals surface area contributed by atoms with E-state index in [9.17, 15) is 4.79 Å². The van der Waals surface area contributed by atoms with Gasteiger partial charge in [-0.1, -0.05) is 18.2 Å². The maximum atomic E-state index is 13.1. The van der Waals surface area contributed by atoms with E-state index in [2.05, 4.69) is 32.7 Å². The van der Waals surface area contributed by atoms with Crippen molar-refractivity contribution in [2.45, 2.75) is 51.6 Å². The molecule has 31 heavy (non-hydrogen) atoms. The molecule has 0 spiro atoms. The van der Waals surface area contributed by atoms with E-state index in [4.69, 9.17) is 9.47 Å². The minimum atomic E-state index is 0.125. The fraction of sp³-hybridized carbons (Fsp3) is 0.440. The first-order valence-electron chi connectivity index (χ1n) is 11.3. The Morgan fingerprint density at radius 3 is 2.84 bits per heavy atom. The van der Waals surface area contributed by atoms with Gasteiger partial charge < -0.3 is 18.9 Å². The Kier molecular flexibility index (Phi) is 5.53. The summed E-state index contributed by atoms with van der Waals surface area (Å²) in [6, 6.07) is 14.4. The summed E-state index contributed by atoms with van der Waals surface area (Å²) in [6.45, 7) is 5.02. The molecule has 3 aromatic rings. The van der Waals surface area contributed by atoms with Gasteiger partial charge in [0, 0.05) is 25.9 Å². The van der Waals surface area contributed by atoms with Gasteiger partial charge in [-0.15, -0.1) is 0 Å². The van der Waals surface area contributed by atoms with Crippen LogP contribution in [0.4, 0.5) is 0 Å². The Balaban J connectivity index is 1.25. The molecule has 1 saturated heterocycles. The summed E-state index contributed by atoms with van der Waals surface area (Å²) in [6.07, 6.45) is 4.29. The molecule has 6 nitrogen and oxygen atoms in total. The number of likely N-dealkylation sites (tertiary alicyclic amines) is 1. The topological polar surface area (TPSA) is 56.6 Å². The van der Waals surface area contributed by atoms with Crippen molar-refractivity contribution in [2.24, 2.45) is 0 Å². The van der Waals surface area contributed by atoms with Crippen molar-refractivity contribution in [1.29, 1.82) is 0 Å². The van der Waals surface area contributed by atoms with Crippen molar-refractivity contribution >= 4 is 16.9 Å². The van der Waals surface area contributed by atoms with Crippen LogP contribution in [0.2, 0.25) is 0 Å². The highest BCUT2D eigenvalue weighted by Crippen LogP contribution is 2.38. The fourth-order valence-electron chi connectivity index (χ4n) is 4.81. The van der Waals surface area contributed by atoms with Crippen LogP contribution in [-0.2, 0) is 11.3 Å². The third-order valence-electron chi connectivity index (χ3n) is 6.35. The van der Waals surface area contributed by atoms with E-state index < -0.39 is 0 Å². The molecule has 2 aliphatic rings. The van der Waals surface area contributed by atoms with Gasteiger partial charge in [-0.05, 0) is 56.0 Å². The molecule has 162 valence electrons. The quantitative estimate of drug-likeness (QED) is 0.604. The minimum Gasteiger partial charge on any atom is -0.490 e. The number of amides is 1. The lowest BCUT2D eigenvalue weighted by Gasteiger charge is -2.26. The van der Waals surface area contributed by atoms with Gasteiger partial charge in [-0.3, -0.25) is 4.79 Å². The summed E-state index contributed by atoms with van der Waals surface area (Å²) >= 11 is 0. The zero-order valence-electron chi connectivity index (χ0n) is 18.0. The summed E-state index contributed by atoms with van der Waals surface area (Å²) in [4.78, 5) is 19.8. The molecule has 1 aromatic heterocycles. The SMILES string of the molecule is Cc1nc2ccccc2n1CCCC(=O)N1CCCC1c1ccc2c(c1)OCCCO2. The number of carbonyl (C=O) groups excluding carboxylic acids is 1. The zero-order chi connectivity index (χ0) is 21.2. The Hall–Kier alpha value is -3.02. The number of rotatable bonds is 5. The third-order valence-corrected chi connectivity index (χ3v) is 6.35. The average molecular weight is 420 g/mol. The van der Waals surface area contributed by atoms with Gasteiger partial charge in [0.15, 0.2) is 11.5 Å². The number of imidazole rings is 1. The van der Waals surface area contributed by atoms with Crippen molar-refractivity contribution in [3.8, 4) is 11.5 Å². The maximum Gasteiger partial charge on any atom is 0.223 e. The third kappa shape index (κ3) is 3.99. The molecule has 0 aliphatic carbocycles. The molecule has 0 bridgehead atoms. The predicted octanol–water partition coefficient (Wildman–Crippen LogP) is 4.65. The highest BCUT2D eigenvalue weighted by atomic mass is 16.5. The number of hydrogen-bond acceptors (Lipinski definition) is 4. The Morgan fingerprint density at radius 2 is 1.94 bits per heavy atom. The minimum absolute atomic E-state index is 0.125. The van der Waals surface area contributed by atoms with Gasteiger partial charge in [-0.25, -0.2) is 4.98 Å². The average Bonchev–Trinajstić information content (AvgIpc) is 3.31. The highest BCUT2D eigenvalue weighted by molar-refractivity contribution is 5.77. The molecule has 1 atom stereocenters. The van der Waals surface area contributed by atoms with E-state index in [0.717, 1.165) is 72.7 Å². The molecular formula is C25H29N3O3. The van der Waals surface area contributed by atoms with Gasteiger partial charge in [0.1, 0.15) is 5.82 Å². The Labute approximate surface area is 182 Å². The van der Waals surface area contributed by atoms with Crippen molar-refractivity contribution in [3.05, 3.63) is 53.9 Å². The maximum absolute atomic E-state index is 13.1. The Morgan fingerprint density at radius 1 is 1.10 bits per heavy atom. The molecule has 1 fully saturated rings. The highest BCUT2D eigenvalue weighted by Gasteiger charge is 2.30. The van der Waals surface area contributed by atoms with Gasteiger partial charge in [-0.2, -0.15) is 0 Å². The number of nitrogens with zero attached hydrogens (tertiary/aromatic N) is 3. The molecule has 1 unspecified atom stereocenters. The molecule has 0 N–H and O–H groups in total. The summed E-state index contributed by atoms with van der Waals surface area (Å²) in [5.74, 6) is 2.84. The number of aryl methyl sites for hydroxylation is 2. The second-order valence-electron chi connectivity index (χ2n) is 8.40. The van der Waals surface area contributed by atoms with Crippen LogP contribution in [0.5, 0.6) is 11.5 Å². The second-order valence-corrected chi connectivity index (χ2v) is 8.40. The van der Waals surface area contributed by atoms with E-state index in [1.807, 2.05) is 31.2 Å². The van der Waals surface area contributed by atoms with E-state index >= 15 is 0 Å². The van der Waals surface area contributed by atoms with E-state index in [0.29, 0.717) is 19.6 Å². The molecule has 5 rings (SSSR count). The summed E-state index contributed by atoms with van der Waals surface area (Å²) < 4.78 is 13.8. The normalized spacial score (nSPS) is 18.4. The molecule has 0 radical (unpaired) electrons. The number of ether oxygens (including phenoxy) is 2. The van der Waals surface area contributed by atoms with Gasteiger partial charge in [0.25, 0.3) is 0 Å². The molecule has 3 heterocycles. The van der Waals surface area contributed by atoms with E-state index in [1.165, 1.54) is 0 Å². The molecular weight excluding hydrogens is 390 g/mol. The van der Waals surface area contributed by atoms with Crippen LogP contribution >= 0.6 is 0 Å². The lowest BCUT2D eigenvalue weighted by Crippen LogP contribution is -2.30. The Bertz CT molecular complexity index is 1090. The predicted molar refractivity (Wildman–Crippen MR) is 119 cm³/mol. The van der Waals surface area contributed by atoms with Crippen molar-refractivity contribution in [2.75, 3.05) is 19.8 Å². The van der Waals surface area contributed by atoms with Crippen LogP contribution < -0.4 is 9.47 Å². The van der Waals surface area contributed by atoms with Gasteiger partial charge in [0.05, 0.1) is 30.3 Å². The molecule has 2 aromatic carbocycles. The first-order chi connectivity index (χ1) is 15.2. The van der Waals surface area contributed by atoms with E-state index in [-0.39, 0.29) is 11.9 Å². The standard InChI is InChI=1S/C25H29N3O3/c1-18-26-20-7-2-3-8-22(20)27(18)13-5-10-25(29)28-14-4-9-21(28)19-11-12-23-24(17-19)31-16-6-15-30-23/h2-3,7-8,11-12,17,21H,4-6,9-10,13-16H2,1H3. The number of fused-ring (bicyclic) bond motifs is 2. The van der Waals surface area contributed by atoms with Crippen LogP contribution in [0.25, 0.3) is 11.0 Å². The van der Waals surface area contributed by atoms with Crippen LogP contribution in [0.15, 0.2) is 42.5 Å². The second kappa shape index (κ2) is 8.61. The van der Waals surface area contributed by atoms with Crippen LogP contribution in [0.3, 0.4) is 0 Å². The van der Waals surface area contributed by atoms with E-state index in [1.54, 1.807) is 0 Å². The van der Waals surface area contributed by atoms with Crippen molar-refractivity contribution in [3.63, 3.8) is 0 Å². The van der Waals surface area contributed by atoms with Crippen LogP contribution in [-0.4, -0.2) is 40.1 Å². The van der Waals surface area contributed by atoms with Crippen LogP contribution in [0.1, 0.15) is 49.5 Å². The zero-order valence-corrected chi connectivity index (χ0v) is 18.0. The van der Waals surface area contributed by atoms with Gasteiger partial charge in [0.2, 0.25) is 5.91 Å². The molecule has 2 aliphatic heterocycles. The molecule has 1 amide bonds. The number of hydrogen-bond donors (Lipinski definition) is 0.